The van der Waals surface area contributed by atoms with Gasteiger partial charge in [0.2, 0.25) is 0 Å². The minimum Gasteiger partial charge on any atom is -0.464 e. The Balaban J connectivity index is 1.97. The molecule has 2 aliphatic heterocycles. The lowest BCUT2D eigenvalue weighted by Crippen LogP contribution is -2.20. The molecule has 0 amide bonds. The molecule has 1 aromatic heterocycles. The van der Waals surface area contributed by atoms with E-state index in [2.05, 4.69) is 22.5 Å². The first-order valence-electron chi connectivity index (χ1n) is 6.21. The molecule has 3 nitrogen and oxygen atoms in total. The van der Waals surface area contributed by atoms with Crippen molar-refractivity contribution in [2.45, 2.75) is 0 Å². The summed E-state index contributed by atoms with van der Waals surface area (Å²) in [5, 5.41) is 2.23. The average Bonchev–Trinajstić information content (AvgIpc) is 3.12. The lowest BCUT2D eigenvalue weighted by atomic mass is 10.1. The van der Waals surface area contributed by atoms with Gasteiger partial charge in [-0.2, -0.15) is 0 Å². The summed E-state index contributed by atoms with van der Waals surface area (Å²) in [5.74, 6) is 0. The Labute approximate surface area is 115 Å². The lowest BCUT2D eigenvalue weighted by Gasteiger charge is -2.17. The zero-order valence-electron chi connectivity index (χ0n) is 10.3. The highest BCUT2D eigenvalue weighted by atomic mass is 32.2. The monoisotopic (exact) mass is 268 g/mol. The van der Waals surface area contributed by atoms with Gasteiger partial charge in [0, 0.05) is 22.4 Å². The number of rotatable bonds is 2. The fraction of sp³-hybridized carbons (Fsp3) is 0.133. The predicted molar refractivity (Wildman–Crippen MR) is 79.9 cm³/mol. The van der Waals surface area contributed by atoms with Crippen LogP contribution < -0.4 is 0 Å². The van der Waals surface area contributed by atoms with Gasteiger partial charge < -0.3 is 9.32 Å². The lowest BCUT2D eigenvalue weighted by molar-refractivity contribution is 0.615. The van der Waals surface area contributed by atoms with Crippen molar-refractivity contribution < 1.29 is 4.42 Å². The van der Waals surface area contributed by atoms with E-state index in [4.69, 9.17) is 4.42 Å². The third-order valence-electron chi connectivity index (χ3n) is 3.44. The number of thioether (sulfide) groups is 1. The number of hydrogen-bond acceptors (Lipinski definition) is 4. The van der Waals surface area contributed by atoms with Gasteiger partial charge in [0.1, 0.15) is 5.58 Å². The zero-order chi connectivity index (χ0) is 12.8. The molecule has 0 radical (unpaired) electrons. The minimum absolute atomic E-state index is 0.873. The molecule has 4 rings (SSSR count). The number of benzene rings is 1. The van der Waals surface area contributed by atoms with Crippen LogP contribution in [0.25, 0.3) is 16.7 Å². The van der Waals surface area contributed by atoms with Crippen molar-refractivity contribution in [1.82, 2.24) is 4.90 Å². The van der Waals surface area contributed by atoms with Crippen molar-refractivity contribution in [1.29, 1.82) is 0 Å². The van der Waals surface area contributed by atoms with Gasteiger partial charge in [-0.1, -0.05) is 24.8 Å². The molecule has 4 heteroatoms. The first-order valence-corrected chi connectivity index (χ1v) is 7.03. The molecule has 1 aromatic carbocycles. The molecule has 0 N–H and O–H groups in total. The number of amidine groups is 1. The Morgan fingerprint density at radius 1 is 1.37 bits per heavy atom. The van der Waals surface area contributed by atoms with Crippen molar-refractivity contribution in [3.05, 3.63) is 53.7 Å². The van der Waals surface area contributed by atoms with Crippen LogP contribution >= 0.6 is 11.8 Å². The quantitative estimate of drug-likeness (QED) is 0.831. The molecule has 3 heterocycles. The van der Waals surface area contributed by atoms with Crippen LogP contribution in [0.5, 0.6) is 0 Å². The summed E-state index contributed by atoms with van der Waals surface area (Å²) in [6.45, 7) is 5.75. The Morgan fingerprint density at radius 3 is 3.21 bits per heavy atom. The Hall–Kier alpha value is -1.94. The molecule has 0 bridgehead atoms. The van der Waals surface area contributed by atoms with Crippen molar-refractivity contribution >= 4 is 33.6 Å². The number of hydrogen-bond donors (Lipinski definition) is 0. The highest BCUT2D eigenvalue weighted by Crippen LogP contribution is 2.43. The molecule has 0 fully saturated rings. The van der Waals surface area contributed by atoms with Gasteiger partial charge >= 0.3 is 0 Å². The summed E-state index contributed by atoms with van der Waals surface area (Å²) in [5.41, 5.74) is 3.33. The maximum absolute atomic E-state index is 5.49. The van der Waals surface area contributed by atoms with E-state index >= 15 is 0 Å². The number of allylic oxidation sites excluding steroid dienone is 1. The second-order valence-electron chi connectivity index (χ2n) is 4.47. The van der Waals surface area contributed by atoms with E-state index < -0.39 is 0 Å². The molecular formula is C15H12N2OS. The fourth-order valence-corrected chi connectivity index (χ4v) is 3.66. The summed E-state index contributed by atoms with van der Waals surface area (Å²) in [4.78, 5) is 7.99. The summed E-state index contributed by atoms with van der Waals surface area (Å²) in [6.07, 6.45) is 3.66. The van der Waals surface area contributed by atoms with Crippen molar-refractivity contribution in [2.24, 2.45) is 4.99 Å². The summed E-state index contributed by atoms with van der Waals surface area (Å²) in [7, 11) is 0. The standard InChI is InChI=1S/C15H12N2OS/c1-2-13-14(17-8-7-16-15(17)19-13)11-4-3-5-12-10(11)6-9-18-12/h2-6,9H,1,7-8H2. The van der Waals surface area contributed by atoms with Crippen LogP contribution in [0.2, 0.25) is 0 Å². The number of aliphatic imine (C=N–C) groups is 1. The van der Waals surface area contributed by atoms with Crippen LogP contribution in [-0.2, 0) is 0 Å². The van der Waals surface area contributed by atoms with Crippen LogP contribution in [0.3, 0.4) is 0 Å². The molecule has 0 atom stereocenters. The second-order valence-corrected chi connectivity index (χ2v) is 5.48. The van der Waals surface area contributed by atoms with E-state index in [9.17, 15) is 0 Å². The fourth-order valence-electron chi connectivity index (χ4n) is 2.62. The van der Waals surface area contributed by atoms with Gasteiger partial charge in [0.15, 0.2) is 5.17 Å². The highest BCUT2D eigenvalue weighted by molar-refractivity contribution is 8.17. The van der Waals surface area contributed by atoms with Gasteiger partial charge in [-0.15, -0.1) is 0 Å². The van der Waals surface area contributed by atoms with Crippen molar-refractivity contribution in [3.63, 3.8) is 0 Å². The minimum atomic E-state index is 0.873. The molecule has 94 valence electrons. The summed E-state index contributed by atoms with van der Waals surface area (Å²) in [6, 6.07) is 8.19. The maximum Gasteiger partial charge on any atom is 0.168 e. The van der Waals surface area contributed by atoms with Crippen LogP contribution in [0, 0.1) is 0 Å². The van der Waals surface area contributed by atoms with E-state index in [-0.39, 0.29) is 0 Å². The van der Waals surface area contributed by atoms with Crippen molar-refractivity contribution in [2.75, 3.05) is 13.1 Å². The van der Waals surface area contributed by atoms with E-state index in [0.29, 0.717) is 0 Å². The number of nitrogens with zero attached hydrogens (tertiary/aromatic N) is 2. The molecule has 2 aliphatic rings. The Bertz CT molecular complexity index is 741. The van der Waals surface area contributed by atoms with Crippen LogP contribution in [0.4, 0.5) is 0 Å². The van der Waals surface area contributed by atoms with Gasteiger partial charge in [0.25, 0.3) is 0 Å². The molecular weight excluding hydrogens is 256 g/mol. The average molecular weight is 268 g/mol. The summed E-state index contributed by atoms with van der Waals surface area (Å²) >= 11 is 1.70. The van der Waals surface area contributed by atoms with E-state index in [1.54, 1.807) is 18.0 Å². The third-order valence-corrected chi connectivity index (χ3v) is 4.55. The van der Waals surface area contributed by atoms with Crippen LogP contribution in [-0.4, -0.2) is 23.2 Å². The first-order chi connectivity index (χ1) is 9.38. The Morgan fingerprint density at radius 2 is 2.32 bits per heavy atom. The van der Waals surface area contributed by atoms with Gasteiger partial charge in [0.05, 0.1) is 18.5 Å². The SMILES string of the molecule is C=CC1=C(c2cccc3occc23)N2CCN=C2S1. The highest BCUT2D eigenvalue weighted by Gasteiger charge is 2.32. The van der Waals surface area contributed by atoms with Crippen LogP contribution in [0.15, 0.2) is 57.5 Å². The third kappa shape index (κ3) is 1.50. The van der Waals surface area contributed by atoms with Gasteiger partial charge in [-0.05, 0) is 23.9 Å². The summed E-state index contributed by atoms with van der Waals surface area (Å²) < 4.78 is 5.49. The number of fused-ring (bicyclic) bond motifs is 2. The van der Waals surface area contributed by atoms with Crippen LogP contribution in [0.1, 0.15) is 5.56 Å². The molecule has 0 spiro atoms. The van der Waals surface area contributed by atoms with E-state index in [1.165, 1.54) is 16.2 Å². The largest absolute Gasteiger partial charge is 0.464 e. The molecule has 19 heavy (non-hydrogen) atoms. The van der Waals surface area contributed by atoms with E-state index in [1.807, 2.05) is 24.3 Å². The molecule has 0 saturated carbocycles. The topological polar surface area (TPSA) is 28.7 Å². The molecule has 0 unspecified atom stereocenters. The molecule has 2 aromatic rings. The maximum atomic E-state index is 5.49. The molecule has 0 aliphatic carbocycles. The zero-order valence-corrected chi connectivity index (χ0v) is 11.1. The normalized spacial score (nSPS) is 18.1. The smallest absolute Gasteiger partial charge is 0.168 e. The van der Waals surface area contributed by atoms with Crippen molar-refractivity contribution in [3.8, 4) is 0 Å². The second kappa shape index (κ2) is 4.03. The van der Waals surface area contributed by atoms with E-state index in [0.717, 1.165) is 29.2 Å². The molecule has 0 saturated heterocycles. The van der Waals surface area contributed by atoms with Gasteiger partial charge in [-0.3, -0.25) is 4.99 Å². The predicted octanol–water partition coefficient (Wildman–Crippen LogP) is 3.71. The number of furan rings is 1. The first kappa shape index (κ1) is 10.9. The Kier molecular flexibility index (Phi) is 2.32. The van der Waals surface area contributed by atoms with Gasteiger partial charge in [-0.25, -0.2) is 0 Å².